The molecule has 0 radical (unpaired) electrons. The number of ether oxygens (including phenoxy) is 1. The lowest BCUT2D eigenvalue weighted by Gasteiger charge is -2.26. The van der Waals surface area contributed by atoms with E-state index in [9.17, 15) is 4.79 Å². The molecule has 1 fully saturated rings. The number of likely N-dealkylation sites (tertiary alicyclic amines) is 1. The molecule has 1 aliphatic rings. The summed E-state index contributed by atoms with van der Waals surface area (Å²) in [6.45, 7) is 4.92. The molecule has 0 N–H and O–H groups in total. The van der Waals surface area contributed by atoms with E-state index in [1.807, 2.05) is 6.07 Å². The Morgan fingerprint density at radius 2 is 2.09 bits per heavy atom. The lowest BCUT2D eigenvalue weighted by Crippen LogP contribution is -2.29. The molecule has 0 unspecified atom stereocenters. The highest BCUT2D eigenvalue weighted by Crippen LogP contribution is 2.30. The predicted octanol–water partition coefficient (Wildman–Crippen LogP) is 4.25. The average molecular weight is 322 g/mol. The minimum Gasteiger partial charge on any atom is -0.460 e. The molecule has 0 amide bonds. The summed E-state index contributed by atoms with van der Waals surface area (Å²) in [7, 11) is 0. The minimum absolute atomic E-state index is 0.310. The Morgan fingerprint density at radius 3 is 2.82 bits per heavy atom. The second-order valence-corrected chi connectivity index (χ2v) is 6.04. The number of benzene rings is 1. The Labute approximate surface area is 135 Å². The standard InChI is InChI=1S/C17H20ClNO3/c1-2-21-17(20)16-14(11-19-8-4-3-5-9-19)13-10-12(18)6-7-15(13)22-16/h6-7,10H,2-5,8-9,11H2,1H3. The van der Waals surface area contributed by atoms with Crippen LogP contribution in [0, 0.1) is 0 Å². The van der Waals surface area contributed by atoms with Crippen molar-refractivity contribution in [3.05, 3.63) is 34.5 Å². The van der Waals surface area contributed by atoms with Crippen molar-refractivity contribution in [1.29, 1.82) is 0 Å². The van der Waals surface area contributed by atoms with Crippen molar-refractivity contribution >= 4 is 28.5 Å². The highest BCUT2D eigenvalue weighted by atomic mass is 35.5. The van der Waals surface area contributed by atoms with Crippen LogP contribution >= 0.6 is 11.6 Å². The van der Waals surface area contributed by atoms with Crippen molar-refractivity contribution < 1.29 is 13.9 Å². The number of carbonyl (C=O) groups excluding carboxylic acids is 1. The van der Waals surface area contributed by atoms with Gasteiger partial charge in [0.25, 0.3) is 0 Å². The SMILES string of the molecule is CCOC(=O)c1oc2ccc(Cl)cc2c1CN1CCCCC1. The number of furan rings is 1. The molecule has 0 atom stereocenters. The van der Waals surface area contributed by atoms with Crippen LogP contribution in [0.1, 0.15) is 42.3 Å². The molecule has 5 heteroatoms. The molecule has 1 aromatic heterocycles. The zero-order valence-corrected chi connectivity index (χ0v) is 13.5. The number of fused-ring (bicyclic) bond motifs is 1. The monoisotopic (exact) mass is 321 g/mol. The van der Waals surface area contributed by atoms with E-state index in [4.69, 9.17) is 20.8 Å². The van der Waals surface area contributed by atoms with Gasteiger partial charge in [0.1, 0.15) is 5.58 Å². The third-order valence-corrected chi connectivity index (χ3v) is 4.28. The van der Waals surface area contributed by atoms with Gasteiger partial charge in [-0.05, 0) is 51.1 Å². The van der Waals surface area contributed by atoms with Crippen LogP contribution in [0.25, 0.3) is 11.0 Å². The molecule has 3 rings (SSSR count). The van der Waals surface area contributed by atoms with Gasteiger partial charge in [-0.25, -0.2) is 4.79 Å². The fourth-order valence-electron chi connectivity index (χ4n) is 2.98. The molecule has 118 valence electrons. The number of rotatable bonds is 4. The normalized spacial score (nSPS) is 16.1. The van der Waals surface area contributed by atoms with E-state index in [1.54, 1.807) is 19.1 Å². The summed E-state index contributed by atoms with van der Waals surface area (Å²) in [6, 6.07) is 5.44. The largest absolute Gasteiger partial charge is 0.460 e. The minimum atomic E-state index is -0.401. The van der Waals surface area contributed by atoms with Gasteiger partial charge in [-0.2, -0.15) is 0 Å². The maximum atomic E-state index is 12.2. The number of hydrogen-bond acceptors (Lipinski definition) is 4. The second-order valence-electron chi connectivity index (χ2n) is 5.61. The fraction of sp³-hybridized carbons (Fsp3) is 0.471. The van der Waals surface area contributed by atoms with Crippen LogP contribution in [0.3, 0.4) is 0 Å². The Kier molecular flexibility index (Phi) is 4.69. The number of carbonyl (C=O) groups is 1. The molecular formula is C17H20ClNO3. The zero-order chi connectivity index (χ0) is 15.5. The van der Waals surface area contributed by atoms with Crippen LogP contribution in [-0.4, -0.2) is 30.6 Å². The lowest BCUT2D eigenvalue weighted by atomic mass is 10.1. The van der Waals surface area contributed by atoms with Crippen molar-refractivity contribution in [2.45, 2.75) is 32.7 Å². The van der Waals surface area contributed by atoms with E-state index in [0.29, 0.717) is 29.5 Å². The second kappa shape index (κ2) is 6.71. The van der Waals surface area contributed by atoms with Crippen LogP contribution in [0.4, 0.5) is 0 Å². The molecule has 2 heterocycles. The van der Waals surface area contributed by atoms with Crippen LogP contribution in [0.15, 0.2) is 22.6 Å². The third kappa shape index (κ3) is 3.13. The van der Waals surface area contributed by atoms with Gasteiger partial charge in [-0.3, -0.25) is 4.90 Å². The van der Waals surface area contributed by atoms with Gasteiger partial charge < -0.3 is 9.15 Å². The van der Waals surface area contributed by atoms with Gasteiger partial charge in [-0.1, -0.05) is 18.0 Å². The molecule has 22 heavy (non-hydrogen) atoms. The van der Waals surface area contributed by atoms with E-state index in [2.05, 4.69) is 4.90 Å². The van der Waals surface area contributed by atoms with Crippen LogP contribution < -0.4 is 0 Å². The molecule has 2 aromatic rings. The molecule has 0 aliphatic carbocycles. The van der Waals surface area contributed by atoms with Crippen molar-refractivity contribution in [3.8, 4) is 0 Å². The van der Waals surface area contributed by atoms with Crippen molar-refractivity contribution in [3.63, 3.8) is 0 Å². The molecule has 1 aliphatic heterocycles. The Morgan fingerprint density at radius 1 is 1.32 bits per heavy atom. The van der Waals surface area contributed by atoms with Gasteiger partial charge in [0, 0.05) is 22.5 Å². The summed E-state index contributed by atoms with van der Waals surface area (Å²) in [5.41, 5.74) is 1.57. The van der Waals surface area contributed by atoms with Crippen molar-refractivity contribution in [2.24, 2.45) is 0 Å². The van der Waals surface area contributed by atoms with Gasteiger partial charge >= 0.3 is 5.97 Å². The number of esters is 1. The van der Waals surface area contributed by atoms with Crippen molar-refractivity contribution in [1.82, 2.24) is 4.90 Å². The first kappa shape index (κ1) is 15.4. The Balaban J connectivity index is 2.00. The van der Waals surface area contributed by atoms with E-state index >= 15 is 0 Å². The van der Waals surface area contributed by atoms with Gasteiger partial charge in [0.05, 0.1) is 6.61 Å². The number of piperidine rings is 1. The third-order valence-electron chi connectivity index (χ3n) is 4.04. The molecule has 4 nitrogen and oxygen atoms in total. The zero-order valence-electron chi connectivity index (χ0n) is 12.7. The first-order valence-electron chi connectivity index (χ1n) is 7.79. The fourth-order valence-corrected chi connectivity index (χ4v) is 3.15. The number of hydrogen-bond donors (Lipinski definition) is 0. The smallest absolute Gasteiger partial charge is 0.374 e. The van der Waals surface area contributed by atoms with Gasteiger partial charge in [0.15, 0.2) is 0 Å². The quantitative estimate of drug-likeness (QED) is 0.790. The number of halogens is 1. The highest BCUT2D eigenvalue weighted by Gasteiger charge is 2.24. The molecule has 1 saturated heterocycles. The summed E-state index contributed by atoms with van der Waals surface area (Å²) in [6.07, 6.45) is 3.68. The molecule has 0 bridgehead atoms. The molecular weight excluding hydrogens is 302 g/mol. The predicted molar refractivity (Wildman–Crippen MR) is 86.3 cm³/mol. The van der Waals surface area contributed by atoms with E-state index in [0.717, 1.165) is 24.0 Å². The topological polar surface area (TPSA) is 42.7 Å². The van der Waals surface area contributed by atoms with Crippen LogP contribution in [0.2, 0.25) is 5.02 Å². The van der Waals surface area contributed by atoms with E-state index in [-0.39, 0.29) is 0 Å². The number of nitrogens with zero attached hydrogens (tertiary/aromatic N) is 1. The van der Waals surface area contributed by atoms with Gasteiger partial charge in [-0.15, -0.1) is 0 Å². The van der Waals surface area contributed by atoms with Gasteiger partial charge in [0.2, 0.25) is 5.76 Å². The average Bonchev–Trinajstić information content (AvgIpc) is 2.87. The van der Waals surface area contributed by atoms with E-state index < -0.39 is 5.97 Å². The van der Waals surface area contributed by atoms with Crippen LogP contribution in [-0.2, 0) is 11.3 Å². The molecule has 0 saturated carbocycles. The summed E-state index contributed by atoms with van der Waals surface area (Å²) in [5.74, 6) is -0.0912. The first-order chi connectivity index (χ1) is 10.7. The maximum Gasteiger partial charge on any atom is 0.374 e. The van der Waals surface area contributed by atoms with E-state index in [1.165, 1.54) is 19.3 Å². The highest BCUT2D eigenvalue weighted by molar-refractivity contribution is 6.31. The Hall–Kier alpha value is -1.52. The summed E-state index contributed by atoms with van der Waals surface area (Å²) in [4.78, 5) is 14.6. The summed E-state index contributed by atoms with van der Waals surface area (Å²) < 4.78 is 10.9. The summed E-state index contributed by atoms with van der Waals surface area (Å²) in [5, 5.41) is 1.55. The summed E-state index contributed by atoms with van der Waals surface area (Å²) >= 11 is 6.11. The molecule has 1 aromatic carbocycles. The van der Waals surface area contributed by atoms with Crippen LogP contribution in [0.5, 0.6) is 0 Å². The lowest BCUT2D eigenvalue weighted by molar-refractivity contribution is 0.0489. The maximum absolute atomic E-state index is 12.2. The van der Waals surface area contributed by atoms with Crippen molar-refractivity contribution in [2.75, 3.05) is 19.7 Å². The molecule has 0 spiro atoms. The Bertz CT molecular complexity index is 674. The first-order valence-corrected chi connectivity index (χ1v) is 8.17.